The van der Waals surface area contributed by atoms with E-state index in [4.69, 9.17) is 4.74 Å². The summed E-state index contributed by atoms with van der Waals surface area (Å²) in [5.74, 6) is 1.97. The van der Waals surface area contributed by atoms with Gasteiger partial charge in [-0.25, -0.2) is 0 Å². The van der Waals surface area contributed by atoms with Crippen molar-refractivity contribution in [1.82, 2.24) is 0 Å². The van der Waals surface area contributed by atoms with Crippen LogP contribution in [0.5, 0.6) is 11.5 Å². The number of hydrogen-bond donors (Lipinski definition) is 0. The van der Waals surface area contributed by atoms with E-state index in [1.807, 2.05) is 30.3 Å². The molecule has 0 unspecified atom stereocenters. The van der Waals surface area contributed by atoms with Crippen LogP contribution in [0.1, 0.15) is 13.8 Å². The van der Waals surface area contributed by atoms with E-state index in [2.05, 4.69) is 38.1 Å². The minimum atomic E-state index is -0.856. The highest BCUT2D eigenvalue weighted by molar-refractivity contribution is 6.73. The SMILES string of the molecule is CC[SiH](CC)c1ccccc1Oc1ccccc1. The number of para-hydroxylation sites is 2. The van der Waals surface area contributed by atoms with E-state index in [0.717, 1.165) is 11.5 Å². The van der Waals surface area contributed by atoms with Crippen LogP contribution < -0.4 is 9.92 Å². The molecule has 18 heavy (non-hydrogen) atoms. The van der Waals surface area contributed by atoms with Crippen LogP contribution in [0.4, 0.5) is 0 Å². The summed E-state index contributed by atoms with van der Waals surface area (Å²) in [6.45, 7) is 4.58. The zero-order valence-corrected chi connectivity index (χ0v) is 12.3. The van der Waals surface area contributed by atoms with Crippen molar-refractivity contribution in [3.8, 4) is 11.5 Å². The third-order valence-corrected chi connectivity index (χ3v) is 6.64. The van der Waals surface area contributed by atoms with Gasteiger partial charge in [0.15, 0.2) is 0 Å². The summed E-state index contributed by atoms with van der Waals surface area (Å²) in [5, 5.41) is 1.45. The van der Waals surface area contributed by atoms with Gasteiger partial charge in [0.25, 0.3) is 0 Å². The molecular weight excluding hydrogens is 236 g/mol. The Kier molecular flexibility index (Phi) is 4.59. The van der Waals surface area contributed by atoms with E-state index < -0.39 is 8.80 Å². The Hall–Kier alpha value is -1.54. The van der Waals surface area contributed by atoms with Crippen LogP contribution in [-0.2, 0) is 0 Å². The lowest BCUT2D eigenvalue weighted by atomic mass is 10.3. The molecule has 2 aromatic carbocycles. The molecule has 0 aliphatic rings. The molecule has 0 atom stereocenters. The number of hydrogen-bond acceptors (Lipinski definition) is 1. The first-order chi connectivity index (χ1) is 8.85. The maximum absolute atomic E-state index is 6.03. The molecule has 0 aromatic heterocycles. The third-order valence-electron chi connectivity index (χ3n) is 3.32. The molecule has 0 spiro atoms. The predicted molar refractivity (Wildman–Crippen MR) is 80.7 cm³/mol. The second-order valence-corrected chi connectivity index (χ2v) is 8.12. The molecule has 0 aliphatic heterocycles. The van der Waals surface area contributed by atoms with Crippen LogP contribution in [0.15, 0.2) is 54.6 Å². The van der Waals surface area contributed by atoms with Gasteiger partial charge in [-0.05, 0) is 23.4 Å². The van der Waals surface area contributed by atoms with Gasteiger partial charge in [-0.2, -0.15) is 0 Å². The second kappa shape index (κ2) is 6.41. The standard InChI is InChI=1S/C16H20OSi/c1-3-18(4-2)16-13-9-8-12-15(16)17-14-10-6-5-7-11-14/h5-13,18H,3-4H2,1-2H3. The lowest BCUT2D eigenvalue weighted by molar-refractivity contribution is 0.486. The van der Waals surface area contributed by atoms with Gasteiger partial charge in [0.05, 0.1) is 8.80 Å². The van der Waals surface area contributed by atoms with Crippen molar-refractivity contribution >= 4 is 14.0 Å². The minimum Gasteiger partial charge on any atom is -0.458 e. The van der Waals surface area contributed by atoms with Crippen molar-refractivity contribution in [2.45, 2.75) is 25.9 Å². The molecule has 0 radical (unpaired) electrons. The van der Waals surface area contributed by atoms with Gasteiger partial charge >= 0.3 is 0 Å². The average molecular weight is 256 g/mol. The van der Waals surface area contributed by atoms with Crippen LogP contribution in [0.2, 0.25) is 12.1 Å². The molecule has 1 nitrogen and oxygen atoms in total. The summed E-state index contributed by atoms with van der Waals surface area (Å²) >= 11 is 0. The van der Waals surface area contributed by atoms with E-state index in [9.17, 15) is 0 Å². The summed E-state index contributed by atoms with van der Waals surface area (Å²) in [4.78, 5) is 0. The normalized spacial score (nSPS) is 10.6. The number of rotatable bonds is 5. The summed E-state index contributed by atoms with van der Waals surface area (Å²) in [7, 11) is -0.856. The van der Waals surface area contributed by atoms with E-state index in [1.165, 1.54) is 17.3 Å². The third kappa shape index (κ3) is 3.02. The van der Waals surface area contributed by atoms with Crippen molar-refractivity contribution < 1.29 is 4.74 Å². The predicted octanol–water partition coefficient (Wildman–Crippen LogP) is 3.95. The van der Waals surface area contributed by atoms with Crippen LogP contribution >= 0.6 is 0 Å². The summed E-state index contributed by atoms with van der Waals surface area (Å²) < 4.78 is 6.03. The Morgan fingerprint density at radius 1 is 0.833 bits per heavy atom. The molecule has 0 heterocycles. The first kappa shape index (κ1) is 12.9. The van der Waals surface area contributed by atoms with Gasteiger partial charge < -0.3 is 4.74 Å². The molecule has 0 saturated heterocycles. The van der Waals surface area contributed by atoms with E-state index in [0.29, 0.717) is 0 Å². The van der Waals surface area contributed by atoms with Crippen LogP contribution in [-0.4, -0.2) is 8.80 Å². The van der Waals surface area contributed by atoms with Crippen LogP contribution in [0.3, 0.4) is 0 Å². The minimum absolute atomic E-state index is 0.856. The fourth-order valence-electron chi connectivity index (χ4n) is 2.25. The van der Waals surface area contributed by atoms with Crippen molar-refractivity contribution in [1.29, 1.82) is 0 Å². The molecule has 0 fully saturated rings. The van der Waals surface area contributed by atoms with Gasteiger partial charge in [-0.1, -0.05) is 62.3 Å². The molecule has 2 aromatic rings. The highest BCUT2D eigenvalue weighted by Gasteiger charge is 2.14. The summed E-state index contributed by atoms with van der Waals surface area (Å²) in [5.41, 5.74) is 0. The molecule has 0 N–H and O–H groups in total. The average Bonchev–Trinajstić information content (AvgIpc) is 2.43. The first-order valence-electron chi connectivity index (χ1n) is 6.67. The van der Waals surface area contributed by atoms with E-state index in [1.54, 1.807) is 0 Å². The lowest BCUT2D eigenvalue weighted by Gasteiger charge is -2.16. The molecular formula is C16H20OSi. The van der Waals surface area contributed by atoms with E-state index >= 15 is 0 Å². The Morgan fingerprint density at radius 3 is 2.11 bits per heavy atom. The highest BCUT2D eigenvalue weighted by Crippen LogP contribution is 2.20. The molecule has 0 bridgehead atoms. The smallest absolute Gasteiger partial charge is 0.127 e. The van der Waals surface area contributed by atoms with Gasteiger partial charge in [0.2, 0.25) is 0 Å². The Morgan fingerprint density at radius 2 is 1.44 bits per heavy atom. The Bertz CT molecular complexity index is 477. The zero-order chi connectivity index (χ0) is 12.8. The Labute approximate surface area is 111 Å². The summed E-state index contributed by atoms with van der Waals surface area (Å²) in [6, 6.07) is 21.1. The number of ether oxygens (including phenoxy) is 1. The van der Waals surface area contributed by atoms with Gasteiger partial charge in [-0.3, -0.25) is 0 Å². The van der Waals surface area contributed by atoms with Crippen LogP contribution in [0.25, 0.3) is 0 Å². The maximum atomic E-state index is 6.03. The zero-order valence-electron chi connectivity index (χ0n) is 11.1. The molecule has 2 rings (SSSR count). The lowest BCUT2D eigenvalue weighted by Crippen LogP contribution is -2.29. The van der Waals surface area contributed by atoms with Crippen LogP contribution in [0, 0.1) is 0 Å². The number of benzene rings is 2. The summed E-state index contributed by atoms with van der Waals surface area (Å²) in [6.07, 6.45) is 0. The van der Waals surface area contributed by atoms with Gasteiger partial charge in [0.1, 0.15) is 11.5 Å². The molecule has 94 valence electrons. The second-order valence-electron chi connectivity index (χ2n) is 4.47. The van der Waals surface area contributed by atoms with Gasteiger partial charge in [0, 0.05) is 0 Å². The van der Waals surface area contributed by atoms with Crippen molar-refractivity contribution in [2.24, 2.45) is 0 Å². The van der Waals surface area contributed by atoms with Gasteiger partial charge in [-0.15, -0.1) is 0 Å². The fraction of sp³-hybridized carbons (Fsp3) is 0.250. The van der Waals surface area contributed by atoms with Crippen molar-refractivity contribution in [3.63, 3.8) is 0 Å². The highest BCUT2D eigenvalue weighted by atomic mass is 28.3. The molecule has 0 aliphatic carbocycles. The Balaban J connectivity index is 2.28. The molecule has 0 amide bonds. The monoisotopic (exact) mass is 256 g/mol. The first-order valence-corrected chi connectivity index (χ1v) is 8.88. The van der Waals surface area contributed by atoms with E-state index in [-0.39, 0.29) is 0 Å². The van der Waals surface area contributed by atoms with Crippen molar-refractivity contribution in [2.75, 3.05) is 0 Å². The largest absolute Gasteiger partial charge is 0.458 e. The quantitative estimate of drug-likeness (QED) is 0.736. The molecule has 0 saturated carbocycles. The fourth-order valence-corrected chi connectivity index (χ4v) is 4.65. The topological polar surface area (TPSA) is 9.23 Å². The maximum Gasteiger partial charge on any atom is 0.127 e. The molecule has 2 heteroatoms. The van der Waals surface area contributed by atoms with Crippen molar-refractivity contribution in [3.05, 3.63) is 54.6 Å².